The molecule has 10 heavy (non-hydrogen) atoms. The molecule has 0 aliphatic carbocycles. The zero-order chi connectivity index (χ0) is 5.56. The second kappa shape index (κ2) is 4.04. The van der Waals surface area contributed by atoms with Gasteiger partial charge in [0.2, 0.25) is 0 Å². The third-order valence-electron chi connectivity index (χ3n) is 2.33. The van der Waals surface area contributed by atoms with E-state index in [-0.39, 0.29) is 34.0 Å². The molecule has 62 valence electrons. The van der Waals surface area contributed by atoms with Crippen LogP contribution in [0.1, 0.15) is 6.42 Å². The summed E-state index contributed by atoms with van der Waals surface area (Å²) in [6, 6.07) is 1.69. The summed E-state index contributed by atoms with van der Waals surface area (Å²) in [5.41, 5.74) is 0. The van der Waals surface area contributed by atoms with E-state index in [1.54, 1.807) is 0 Å². The van der Waals surface area contributed by atoms with Crippen molar-refractivity contribution in [2.24, 2.45) is 0 Å². The van der Waals surface area contributed by atoms with Gasteiger partial charge in [-0.05, 0) is 13.5 Å². The highest BCUT2D eigenvalue weighted by Crippen LogP contribution is 2.20. The summed E-state index contributed by atoms with van der Waals surface area (Å²) in [7, 11) is 2.21. The number of likely N-dealkylation sites (tertiary alicyclic amines) is 1. The summed E-state index contributed by atoms with van der Waals surface area (Å²) in [5.74, 6) is 0. The van der Waals surface area contributed by atoms with Gasteiger partial charge in [-0.25, -0.2) is 0 Å². The second-order valence-electron chi connectivity index (χ2n) is 2.93. The molecule has 0 unspecified atom stereocenters. The molecule has 1 N–H and O–H groups in total. The highest BCUT2D eigenvalue weighted by molar-refractivity contribution is 8.93. The van der Waals surface area contributed by atoms with Crippen LogP contribution < -0.4 is 5.32 Å². The standard InChI is InChI=1S/C6H12N2.2BrH/c1-8-4-5-2-6(8)3-7-5;;/h5-7H,2-4H2,1H3;2*1H/t5-,6-;;/m1../s1. The second-order valence-corrected chi connectivity index (χ2v) is 2.93. The number of rotatable bonds is 0. The van der Waals surface area contributed by atoms with E-state index in [0.29, 0.717) is 0 Å². The van der Waals surface area contributed by atoms with Gasteiger partial charge in [0.1, 0.15) is 0 Å². The maximum absolute atomic E-state index is 3.44. The van der Waals surface area contributed by atoms with E-state index in [2.05, 4.69) is 17.3 Å². The summed E-state index contributed by atoms with van der Waals surface area (Å²) < 4.78 is 0. The monoisotopic (exact) mass is 272 g/mol. The lowest BCUT2D eigenvalue weighted by molar-refractivity contribution is 0.276. The number of nitrogens with one attached hydrogen (secondary N) is 1. The number of likely N-dealkylation sites (N-methyl/N-ethyl adjacent to an activating group) is 1. The van der Waals surface area contributed by atoms with Gasteiger partial charge in [-0.1, -0.05) is 0 Å². The first-order valence-corrected chi connectivity index (χ1v) is 3.30. The molecule has 0 saturated carbocycles. The van der Waals surface area contributed by atoms with Crippen molar-refractivity contribution in [3.63, 3.8) is 0 Å². The number of fused-ring (bicyclic) bond motifs is 2. The van der Waals surface area contributed by atoms with E-state index in [9.17, 15) is 0 Å². The van der Waals surface area contributed by atoms with Crippen molar-refractivity contribution in [1.82, 2.24) is 10.2 Å². The van der Waals surface area contributed by atoms with Crippen molar-refractivity contribution in [1.29, 1.82) is 0 Å². The van der Waals surface area contributed by atoms with Gasteiger partial charge < -0.3 is 10.2 Å². The fourth-order valence-corrected chi connectivity index (χ4v) is 1.77. The molecule has 2 bridgehead atoms. The first-order valence-electron chi connectivity index (χ1n) is 3.30. The number of halogens is 2. The molecule has 0 radical (unpaired) electrons. The first kappa shape index (κ1) is 10.9. The molecule has 0 spiro atoms. The van der Waals surface area contributed by atoms with Crippen molar-refractivity contribution in [3.05, 3.63) is 0 Å². The fraction of sp³-hybridized carbons (Fsp3) is 1.00. The fourth-order valence-electron chi connectivity index (χ4n) is 1.77. The molecule has 2 aliphatic heterocycles. The number of piperazine rings is 1. The molecular formula is C6H14Br2N2. The van der Waals surface area contributed by atoms with Crippen LogP contribution in [0, 0.1) is 0 Å². The van der Waals surface area contributed by atoms with Gasteiger partial charge in [0.05, 0.1) is 0 Å². The number of hydrogen-bond acceptors (Lipinski definition) is 2. The molecule has 0 aromatic carbocycles. The molecule has 2 atom stereocenters. The van der Waals surface area contributed by atoms with E-state index < -0.39 is 0 Å². The van der Waals surface area contributed by atoms with Gasteiger partial charge in [0.25, 0.3) is 0 Å². The van der Waals surface area contributed by atoms with E-state index in [4.69, 9.17) is 0 Å². The quantitative estimate of drug-likeness (QED) is 0.703. The lowest BCUT2D eigenvalue weighted by Crippen LogP contribution is -2.41. The molecule has 2 heterocycles. The predicted molar refractivity (Wildman–Crippen MR) is 53.5 cm³/mol. The summed E-state index contributed by atoms with van der Waals surface area (Å²) in [5, 5.41) is 3.44. The Morgan fingerprint density at radius 1 is 1.40 bits per heavy atom. The maximum Gasteiger partial charge on any atom is 0.0233 e. The van der Waals surface area contributed by atoms with Crippen molar-refractivity contribution in [3.8, 4) is 0 Å². The van der Waals surface area contributed by atoms with Gasteiger partial charge in [-0.2, -0.15) is 0 Å². The van der Waals surface area contributed by atoms with E-state index in [0.717, 1.165) is 12.1 Å². The Balaban J connectivity index is 0.000000405. The van der Waals surface area contributed by atoms with Crippen LogP contribution in [-0.4, -0.2) is 37.1 Å². The van der Waals surface area contributed by atoms with Crippen LogP contribution in [0.15, 0.2) is 0 Å². The lowest BCUT2D eigenvalue weighted by atomic mass is 10.2. The molecular weight excluding hydrogens is 260 g/mol. The van der Waals surface area contributed by atoms with Crippen LogP contribution in [0.2, 0.25) is 0 Å². The Morgan fingerprint density at radius 3 is 2.30 bits per heavy atom. The van der Waals surface area contributed by atoms with Crippen LogP contribution >= 0.6 is 34.0 Å². The van der Waals surface area contributed by atoms with Crippen LogP contribution in [0.25, 0.3) is 0 Å². The lowest BCUT2D eigenvalue weighted by Gasteiger charge is -2.21. The molecule has 0 aromatic heterocycles. The highest BCUT2D eigenvalue weighted by Gasteiger charge is 2.34. The van der Waals surface area contributed by atoms with Crippen LogP contribution in [-0.2, 0) is 0 Å². The van der Waals surface area contributed by atoms with Gasteiger partial charge in [0.15, 0.2) is 0 Å². The smallest absolute Gasteiger partial charge is 0.0233 e. The van der Waals surface area contributed by atoms with E-state index in [1.165, 1.54) is 19.5 Å². The van der Waals surface area contributed by atoms with Crippen molar-refractivity contribution < 1.29 is 0 Å². The molecule has 2 nitrogen and oxygen atoms in total. The van der Waals surface area contributed by atoms with E-state index >= 15 is 0 Å². The summed E-state index contributed by atoms with van der Waals surface area (Å²) in [6.45, 7) is 2.49. The molecule has 2 rings (SSSR count). The first-order chi connectivity index (χ1) is 3.86. The van der Waals surface area contributed by atoms with Crippen LogP contribution in [0.5, 0.6) is 0 Å². The molecule has 2 fully saturated rings. The Morgan fingerprint density at radius 2 is 2.10 bits per heavy atom. The highest BCUT2D eigenvalue weighted by atomic mass is 79.9. The van der Waals surface area contributed by atoms with Gasteiger partial charge in [-0.15, -0.1) is 34.0 Å². The minimum atomic E-state index is 0. The largest absolute Gasteiger partial charge is 0.311 e. The van der Waals surface area contributed by atoms with Crippen molar-refractivity contribution in [2.45, 2.75) is 18.5 Å². The summed E-state index contributed by atoms with van der Waals surface area (Å²) in [4.78, 5) is 2.45. The number of hydrogen-bond donors (Lipinski definition) is 1. The third-order valence-corrected chi connectivity index (χ3v) is 2.33. The molecule has 2 saturated heterocycles. The summed E-state index contributed by atoms with van der Waals surface area (Å²) >= 11 is 0. The Labute approximate surface area is 82.9 Å². The Kier molecular flexibility index (Phi) is 4.40. The Hall–Kier alpha value is 0.880. The molecule has 0 aromatic rings. The van der Waals surface area contributed by atoms with Crippen molar-refractivity contribution >= 4 is 34.0 Å². The topological polar surface area (TPSA) is 15.3 Å². The molecule has 4 heteroatoms. The van der Waals surface area contributed by atoms with Crippen LogP contribution in [0.4, 0.5) is 0 Å². The van der Waals surface area contributed by atoms with Crippen molar-refractivity contribution in [2.75, 3.05) is 20.1 Å². The average Bonchev–Trinajstić information content (AvgIpc) is 2.23. The molecule has 2 aliphatic rings. The van der Waals surface area contributed by atoms with Crippen LogP contribution in [0.3, 0.4) is 0 Å². The average molecular weight is 274 g/mol. The molecule has 0 amide bonds. The third kappa shape index (κ3) is 1.72. The SMILES string of the molecule is Br.Br.CN1C[C@H]2C[C@@H]1CN2. The van der Waals surface area contributed by atoms with E-state index in [1.807, 2.05) is 0 Å². The predicted octanol–water partition coefficient (Wildman–Crippen LogP) is 0.818. The minimum Gasteiger partial charge on any atom is -0.311 e. The van der Waals surface area contributed by atoms with Gasteiger partial charge in [0, 0.05) is 25.2 Å². The Bertz CT molecular complexity index is 108. The summed E-state index contributed by atoms with van der Waals surface area (Å²) in [6.07, 6.45) is 1.39. The van der Waals surface area contributed by atoms with Gasteiger partial charge >= 0.3 is 0 Å². The number of nitrogens with zero attached hydrogens (tertiary/aromatic N) is 1. The normalized spacial score (nSPS) is 36.9. The maximum atomic E-state index is 3.44. The zero-order valence-electron chi connectivity index (χ0n) is 6.04. The zero-order valence-corrected chi connectivity index (χ0v) is 9.47. The van der Waals surface area contributed by atoms with Gasteiger partial charge in [-0.3, -0.25) is 0 Å². The minimum absolute atomic E-state index is 0.